The van der Waals surface area contributed by atoms with Crippen molar-refractivity contribution in [3.63, 3.8) is 0 Å². The van der Waals surface area contributed by atoms with Gasteiger partial charge in [-0.25, -0.2) is 9.97 Å². The first-order chi connectivity index (χ1) is 11.5. The number of amides is 1. The van der Waals surface area contributed by atoms with Gasteiger partial charge in [0, 0.05) is 24.2 Å². The lowest BCUT2D eigenvalue weighted by Crippen LogP contribution is -2.16. The van der Waals surface area contributed by atoms with Crippen molar-refractivity contribution in [2.24, 2.45) is 0 Å². The number of aryl methyl sites for hydroxylation is 2. The van der Waals surface area contributed by atoms with E-state index >= 15 is 0 Å². The van der Waals surface area contributed by atoms with E-state index in [1.807, 2.05) is 13.0 Å². The molecule has 1 fully saturated rings. The summed E-state index contributed by atoms with van der Waals surface area (Å²) in [6, 6.07) is 7.24. The molecule has 6 nitrogen and oxygen atoms in total. The summed E-state index contributed by atoms with van der Waals surface area (Å²) >= 11 is 0. The van der Waals surface area contributed by atoms with Crippen LogP contribution in [-0.2, 0) is 11.2 Å². The number of nitrogens with zero attached hydrogens (tertiary/aromatic N) is 2. The molecule has 1 amide bonds. The maximum Gasteiger partial charge on any atom is 0.303 e. The zero-order valence-electron chi connectivity index (χ0n) is 13.5. The Kier molecular flexibility index (Phi) is 4.55. The third-order valence-electron chi connectivity index (χ3n) is 3.96. The van der Waals surface area contributed by atoms with E-state index in [-0.39, 0.29) is 12.3 Å². The van der Waals surface area contributed by atoms with E-state index < -0.39 is 5.97 Å². The number of anilines is 1. The van der Waals surface area contributed by atoms with E-state index in [9.17, 15) is 9.59 Å². The zero-order valence-corrected chi connectivity index (χ0v) is 13.5. The van der Waals surface area contributed by atoms with Gasteiger partial charge in [-0.05, 0) is 43.9 Å². The number of carboxylic acid groups (broad SMARTS) is 1. The molecule has 0 spiro atoms. The molecule has 124 valence electrons. The molecular weight excluding hydrogens is 306 g/mol. The van der Waals surface area contributed by atoms with Gasteiger partial charge in [0.05, 0.1) is 11.3 Å². The predicted octanol–water partition coefficient (Wildman–Crippen LogP) is 2.93. The molecule has 1 aromatic carbocycles. The molecule has 1 aliphatic carbocycles. The van der Waals surface area contributed by atoms with Gasteiger partial charge >= 0.3 is 5.97 Å². The number of rotatable bonds is 6. The Hall–Kier alpha value is -2.76. The highest BCUT2D eigenvalue weighted by Gasteiger charge is 2.30. The Morgan fingerprint density at radius 3 is 2.83 bits per heavy atom. The van der Waals surface area contributed by atoms with Crippen LogP contribution in [0.5, 0.6) is 0 Å². The minimum absolute atomic E-state index is 0.0645. The molecule has 0 unspecified atom stereocenters. The summed E-state index contributed by atoms with van der Waals surface area (Å²) in [5.74, 6) is -0.0407. The number of nitrogens with one attached hydrogen (secondary N) is 1. The quantitative estimate of drug-likeness (QED) is 0.852. The number of hydrogen-bond donors (Lipinski definition) is 2. The normalized spacial score (nSPS) is 13.5. The highest BCUT2D eigenvalue weighted by Crippen LogP contribution is 2.40. The molecular formula is C18H19N3O3. The number of hydrogen-bond acceptors (Lipinski definition) is 4. The van der Waals surface area contributed by atoms with Crippen LogP contribution in [0.1, 0.15) is 52.6 Å². The molecule has 0 radical (unpaired) electrons. The average molecular weight is 325 g/mol. The van der Waals surface area contributed by atoms with Crippen molar-refractivity contribution < 1.29 is 14.7 Å². The van der Waals surface area contributed by atoms with Gasteiger partial charge in [0.25, 0.3) is 5.91 Å². The third kappa shape index (κ3) is 3.95. The van der Waals surface area contributed by atoms with Gasteiger partial charge in [0.1, 0.15) is 5.82 Å². The molecule has 1 saturated carbocycles. The number of aromatic nitrogens is 2. The number of carbonyl (C=O) groups excluding carboxylic acids is 1. The minimum Gasteiger partial charge on any atom is -0.481 e. The Labute approximate surface area is 140 Å². The predicted molar refractivity (Wildman–Crippen MR) is 89.1 cm³/mol. The molecule has 1 heterocycles. The van der Waals surface area contributed by atoms with Crippen LogP contribution in [0.4, 0.5) is 5.69 Å². The summed E-state index contributed by atoms with van der Waals surface area (Å²) in [7, 11) is 0. The van der Waals surface area contributed by atoms with Gasteiger partial charge in [-0.15, -0.1) is 0 Å². The Morgan fingerprint density at radius 2 is 2.12 bits per heavy atom. The zero-order chi connectivity index (χ0) is 17.1. The molecule has 0 aliphatic heterocycles. The second kappa shape index (κ2) is 6.78. The minimum atomic E-state index is -0.838. The molecule has 0 saturated heterocycles. The number of benzene rings is 1. The maximum absolute atomic E-state index is 12.6. The van der Waals surface area contributed by atoms with Gasteiger partial charge < -0.3 is 10.4 Å². The van der Waals surface area contributed by atoms with E-state index in [1.165, 1.54) is 0 Å². The topological polar surface area (TPSA) is 92.2 Å². The van der Waals surface area contributed by atoms with E-state index in [1.54, 1.807) is 24.4 Å². The first-order valence-electron chi connectivity index (χ1n) is 7.98. The molecule has 2 N–H and O–H groups in total. The maximum atomic E-state index is 12.6. The van der Waals surface area contributed by atoms with Crippen molar-refractivity contribution in [2.75, 3.05) is 5.32 Å². The van der Waals surface area contributed by atoms with Crippen molar-refractivity contribution in [3.8, 4) is 0 Å². The molecule has 2 aromatic rings. The molecule has 1 aromatic heterocycles. The van der Waals surface area contributed by atoms with Crippen molar-refractivity contribution in [1.82, 2.24) is 9.97 Å². The number of aliphatic carboxylic acids is 1. The highest BCUT2D eigenvalue weighted by molar-refractivity contribution is 6.05. The van der Waals surface area contributed by atoms with E-state index in [4.69, 9.17) is 5.11 Å². The molecule has 1 aliphatic rings. The van der Waals surface area contributed by atoms with Crippen molar-refractivity contribution in [1.29, 1.82) is 0 Å². The van der Waals surface area contributed by atoms with Gasteiger partial charge in [0.15, 0.2) is 0 Å². The van der Waals surface area contributed by atoms with Crippen LogP contribution in [0.2, 0.25) is 0 Å². The lowest BCUT2D eigenvalue weighted by Gasteiger charge is -2.10. The highest BCUT2D eigenvalue weighted by atomic mass is 16.4. The average Bonchev–Trinajstić information content (AvgIpc) is 3.38. The van der Waals surface area contributed by atoms with Crippen LogP contribution < -0.4 is 5.32 Å². The second-order valence-corrected chi connectivity index (χ2v) is 6.04. The molecule has 6 heteroatoms. The number of carbonyl (C=O) groups is 2. The summed E-state index contributed by atoms with van der Waals surface area (Å²) in [6.45, 7) is 1.82. The van der Waals surface area contributed by atoms with Crippen LogP contribution in [0.25, 0.3) is 0 Å². The first-order valence-corrected chi connectivity index (χ1v) is 7.98. The van der Waals surface area contributed by atoms with E-state index in [0.717, 1.165) is 24.1 Å². The van der Waals surface area contributed by atoms with Gasteiger partial charge in [0.2, 0.25) is 0 Å². The summed E-state index contributed by atoms with van der Waals surface area (Å²) in [5, 5.41) is 11.6. The van der Waals surface area contributed by atoms with Crippen LogP contribution >= 0.6 is 0 Å². The fraction of sp³-hybridized carbons (Fsp3) is 0.333. The fourth-order valence-corrected chi connectivity index (χ4v) is 2.58. The summed E-state index contributed by atoms with van der Waals surface area (Å²) < 4.78 is 0. The van der Waals surface area contributed by atoms with E-state index in [0.29, 0.717) is 29.4 Å². The fourth-order valence-electron chi connectivity index (χ4n) is 2.58. The molecule has 0 bridgehead atoms. The summed E-state index contributed by atoms with van der Waals surface area (Å²) in [4.78, 5) is 31.8. The van der Waals surface area contributed by atoms with Crippen LogP contribution in [0, 0.1) is 6.92 Å². The molecule has 3 rings (SSSR count). The largest absolute Gasteiger partial charge is 0.481 e. The first kappa shape index (κ1) is 16.1. The van der Waals surface area contributed by atoms with Gasteiger partial charge in [-0.1, -0.05) is 12.1 Å². The summed E-state index contributed by atoms with van der Waals surface area (Å²) in [5.41, 5.74) is 2.85. The lowest BCUT2D eigenvalue weighted by atomic mass is 10.1. The van der Waals surface area contributed by atoms with Crippen molar-refractivity contribution in [3.05, 3.63) is 53.1 Å². The van der Waals surface area contributed by atoms with Crippen molar-refractivity contribution >= 4 is 17.6 Å². The van der Waals surface area contributed by atoms with Crippen LogP contribution in [0.15, 0.2) is 30.5 Å². The van der Waals surface area contributed by atoms with Crippen LogP contribution in [-0.4, -0.2) is 27.0 Å². The van der Waals surface area contributed by atoms with Crippen molar-refractivity contribution in [2.45, 2.75) is 38.5 Å². The third-order valence-corrected chi connectivity index (χ3v) is 3.96. The monoisotopic (exact) mass is 325 g/mol. The smallest absolute Gasteiger partial charge is 0.303 e. The van der Waals surface area contributed by atoms with Gasteiger partial charge in [-0.2, -0.15) is 0 Å². The van der Waals surface area contributed by atoms with E-state index in [2.05, 4.69) is 15.3 Å². The SMILES string of the molecule is Cc1ncc(C(=O)Nc2cccc(CCC(=O)O)c2)c(C2CC2)n1. The molecule has 24 heavy (non-hydrogen) atoms. The van der Waals surface area contributed by atoms with Gasteiger partial charge in [-0.3, -0.25) is 9.59 Å². The standard InChI is InChI=1S/C18H19N3O3/c1-11-19-10-15(17(20-11)13-6-7-13)18(24)21-14-4-2-3-12(9-14)5-8-16(22)23/h2-4,9-10,13H,5-8H2,1H3,(H,21,24)(H,22,23). The molecule has 0 atom stereocenters. The number of carboxylic acids is 1. The Bertz CT molecular complexity index is 785. The summed E-state index contributed by atoms with van der Waals surface area (Å²) in [6.07, 6.45) is 4.19. The Balaban J connectivity index is 1.75. The van der Waals surface area contributed by atoms with Crippen LogP contribution in [0.3, 0.4) is 0 Å². The second-order valence-electron chi connectivity index (χ2n) is 6.04. The lowest BCUT2D eigenvalue weighted by molar-refractivity contribution is -0.136. The Morgan fingerprint density at radius 1 is 1.33 bits per heavy atom.